The molecule has 37 heavy (non-hydrogen) atoms. The van der Waals surface area contributed by atoms with Gasteiger partial charge in [0.2, 0.25) is 5.91 Å². The number of furan rings is 1. The first-order valence-corrected chi connectivity index (χ1v) is 12.8. The Bertz CT molecular complexity index is 1160. The van der Waals surface area contributed by atoms with Gasteiger partial charge in [0.1, 0.15) is 23.8 Å². The second kappa shape index (κ2) is 13.0. The maximum atomic E-state index is 13.7. The lowest BCUT2D eigenvalue weighted by molar-refractivity contribution is -0.133. The number of nitrogens with one attached hydrogen (secondary N) is 1. The van der Waals surface area contributed by atoms with Crippen LogP contribution in [0.25, 0.3) is 0 Å². The summed E-state index contributed by atoms with van der Waals surface area (Å²) in [4.78, 5) is 30.4. The predicted molar refractivity (Wildman–Crippen MR) is 141 cm³/mol. The number of ether oxygens (including phenoxy) is 2. The van der Waals surface area contributed by atoms with Crippen LogP contribution in [0.15, 0.2) is 71.1 Å². The van der Waals surface area contributed by atoms with Gasteiger partial charge in [-0.15, -0.1) is 0 Å². The maximum absolute atomic E-state index is 13.7. The van der Waals surface area contributed by atoms with Gasteiger partial charge in [-0.05, 0) is 56.5 Å². The number of carbonyl (C=O) groups excluding carboxylic acids is 2. The Hall–Kier alpha value is -3.78. The molecule has 2 heterocycles. The second-order valence-electron chi connectivity index (χ2n) is 9.12. The minimum atomic E-state index is -0.371. The van der Waals surface area contributed by atoms with Crippen LogP contribution in [0.5, 0.6) is 5.75 Å². The predicted octanol–water partition coefficient (Wildman–Crippen LogP) is 5.23. The van der Waals surface area contributed by atoms with E-state index in [1.54, 1.807) is 11.0 Å². The molecule has 0 spiro atoms. The molecule has 196 valence electrons. The lowest BCUT2D eigenvalue weighted by atomic mass is 10.2. The summed E-state index contributed by atoms with van der Waals surface area (Å²) in [6.07, 6.45) is 1.70. The van der Waals surface area contributed by atoms with Crippen LogP contribution in [0.4, 0.5) is 10.5 Å². The Morgan fingerprint density at radius 1 is 1.00 bits per heavy atom. The third kappa shape index (κ3) is 7.60. The van der Waals surface area contributed by atoms with Crippen molar-refractivity contribution in [3.05, 3.63) is 83.8 Å². The summed E-state index contributed by atoms with van der Waals surface area (Å²) in [5, 5.41) is 2.93. The van der Waals surface area contributed by atoms with Gasteiger partial charge >= 0.3 is 6.03 Å². The molecule has 0 aliphatic carbocycles. The second-order valence-corrected chi connectivity index (χ2v) is 9.12. The molecular formula is C29H35N3O5. The highest BCUT2D eigenvalue weighted by atomic mass is 16.5. The number of hydrogen-bond donors (Lipinski definition) is 1. The number of urea groups is 1. The Balaban J connectivity index is 1.52. The van der Waals surface area contributed by atoms with Crippen LogP contribution >= 0.6 is 0 Å². The number of rotatable bonds is 11. The topological polar surface area (TPSA) is 84.3 Å². The van der Waals surface area contributed by atoms with Gasteiger partial charge in [-0.25, -0.2) is 4.79 Å². The molecule has 3 aromatic rings. The SMILES string of the molecule is CCOc1ccccc1NC(=O)N(CC(=O)N(Cc1ccccc1)Cc1ccc(C)o1)CC1CCCO1. The van der Waals surface area contributed by atoms with Crippen LogP contribution in [-0.2, 0) is 22.6 Å². The van der Waals surface area contributed by atoms with E-state index in [2.05, 4.69) is 5.32 Å². The van der Waals surface area contributed by atoms with Crippen molar-refractivity contribution in [1.82, 2.24) is 9.80 Å². The van der Waals surface area contributed by atoms with Crippen molar-refractivity contribution in [2.24, 2.45) is 0 Å². The van der Waals surface area contributed by atoms with Gasteiger partial charge in [0.25, 0.3) is 0 Å². The van der Waals surface area contributed by atoms with Crippen LogP contribution in [0, 0.1) is 6.92 Å². The van der Waals surface area contributed by atoms with Crippen molar-refractivity contribution in [2.45, 2.75) is 45.9 Å². The molecule has 8 heteroatoms. The highest BCUT2D eigenvalue weighted by Gasteiger charge is 2.27. The molecule has 3 amide bonds. The molecule has 0 bridgehead atoms. The van der Waals surface area contributed by atoms with Crippen molar-refractivity contribution in [3.8, 4) is 5.75 Å². The smallest absolute Gasteiger partial charge is 0.322 e. The standard InChI is InChI=1S/C29H35N3O5/c1-3-35-27-14-8-7-13-26(27)30-29(34)32(19-24-12-9-17-36-24)21-28(33)31(18-23-10-5-4-6-11-23)20-25-16-15-22(2)37-25/h4-8,10-11,13-16,24H,3,9,12,17-21H2,1-2H3,(H,30,34). The number of nitrogens with zero attached hydrogens (tertiary/aromatic N) is 2. The Morgan fingerprint density at radius 3 is 2.49 bits per heavy atom. The Labute approximate surface area is 218 Å². The lowest BCUT2D eigenvalue weighted by Crippen LogP contribution is -2.46. The third-order valence-electron chi connectivity index (χ3n) is 6.20. The monoisotopic (exact) mass is 505 g/mol. The average molecular weight is 506 g/mol. The van der Waals surface area contributed by atoms with E-state index in [0.717, 1.165) is 24.2 Å². The number of carbonyl (C=O) groups is 2. The normalized spacial score (nSPS) is 14.8. The number of para-hydroxylation sites is 2. The first kappa shape index (κ1) is 26.3. The molecule has 8 nitrogen and oxygen atoms in total. The average Bonchev–Trinajstić information content (AvgIpc) is 3.56. The Morgan fingerprint density at radius 2 is 1.78 bits per heavy atom. The van der Waals surface area contributed by atoms with Crippen molar-refractivity contribution >= 4 is 17.6 Å². The highest BCUT2D eigenvalue weighted by Crippen LogP contribution is 2.24. The molecule has 4 rings (SSSR count). The van der Waals surface area contributed by atoms with Gasteiger partial charge in [0.05, 0.1) is 24.9 Å². The summed E-state index contributed by atoms with van der Waals surface area (Å²) in [6.45, 7) is 5.86. The van der Waals surface area contributed by atoms with Crippen LogP contribution < -0.4 is 10.1 Å². The summed E-state index contributed by atoms with van der Waals surface area (Å²) in [5.41, 5.74) is 1.56. The number of aryl methyl sites for hydroxylation is 1. The zero-order chi connectivity index (χ0) is 26.0. The maximum Gasteiger partial charge on any atom is 0.322 e. The van der Waals surface area contributed by atoms with Gasteiger partial charge < -0.3 is 29.0 Å². The third-order valence-corrected chi connectivity index (χ3v) is 6.20. The molecule has 0 radical (unpaired) electrons. The van der Waals surface area contributed by atoms with E-state index in [4.69, 9.17) is 13.9 Å². The first-order valence-electron chi connectivity index (χ1n) is 12.8. The van der Waals surface area contributed by atoms with Crippen molar-refractivity contribution in [3.63, 3.8) is 0 Å². The number of benzene rings is 2. The zero-order valence-electron chi connectivity index (χ0n) is 21.5. The fraction of sp³-hybridized carbons (Fsp3) is 0.379. The number of hydrogen-bond acceptors (Lipinski definition) is 5. The van der Waals surface area contributed by atoms with E-state index < -0.39 is 0 Å². The van der Waals surface area contributed by atoms with Gasteiger partial charge in [-0.3, -0.25) is 4.79 Å². The quantitative estimate of drug-likeness (QED) is 0.386. The number of amides is 3. The largest absolute Gasteiger partial charge is 0.492 e. The van der Waals surface area contributed by atoms with E-state index in [0.29, 0.717) is 50.0 Å². The molecule has 1 aromatic heterocycles. The molecule has 1 N–H and O–H groups in total. The van der Waals surface area contributed by atoms with E-state index in [-0.39, 0.29) is 24.6 Å². The molecule has 1 atom stereocenters. The van der Waals surface area contributed by atoms with Gasteiger partial charge in [0.15, 0.2) is 0 Å². The van der Waals surface area contributed by atoms with Crippen molar-refractivity contribution < 1.29 is 23.5 Å². The summed E-state index contributed by atoms with van der Waals surface area (Å²) in [5.74, 6) is 1.89. The highest BCUT2D eigenvalue weighted by molar-refractivity contribution is 5.93. The van der Waals surface area contributed by atoms with Crippen LogP contribution in [0.1, 0.15) is 36.8 Å². The zero-order valence-corrected chi connectivity index (χ0v) is 21.5. The molecule has 1 unspecified atom stereocenters. The van der Waals surface area contributed by atoms with Crippen molar-refractivity contribution in [1.29, 1.82) is 0 Å². The number of anilines is 1. The molecule has 1 saturated heterocycles. The van der Waals surface area contributed by atoms with Crippen LogP contribution in [0.3, 0.4) is 0 Å². The van der Waals surface area contributed by atoms with E-state index in [9.17, 15) is 9.59 Å². The Kier molecular flexibility index (Phi) is 9.21. The summed E-state index contributed by atoms with van der Waals surface area (Å²) in [6, 6.07) is 20.5. The fourth-order valence-electron chi connectivity index (χ4n) is 4.36. The minimum Gasteiger partial charge on any atom is -0.492 e. The van der Waals surface area contributed by atoms with Crippen LogP contribution in [-0.4, -0.2) is 54.1 Å². The summed E-state index contributed by atoms with van der Waals surface area (Å²) in [7, 11) is 0. The fourth-order valence-corrected chi connectivity index (χ4v) is 4.36. The summed E-state index contributed by atoms with van der Waals surface area (Å²) >= 11 is 0. The molecule has 0 saturated carbocycles. The summed E-state index contributed by atoms with van der Waals surface area (Å²) < 4.78 is 17.2. The van der Waals surface area contributed by atoms with E-state index in [1.165, 1.54) is 4.90 Å². The van der Waals surface area contributed by atoms with E-state index >= 15 is 0 Å². The van der Waals surface area contributed by atoms with Gasteiger partial charge in [-0.2, -0.15) is 0 Å². The minimum absolute atomic E-state index is 0.0883. The molecule has 2 aromatic carbocycles. The van der Waals surface area contributed by atoms with Crippen LogP contribution in [0.2, 0.25) is 0 Å². The van der Waals surface area contributed by atoms with Gasteiger partial charge in [-0.1, -0.05) is 42.5 Å². The van der Waals surface area contributed by atoms with Gasteiger partial charge in [0, 0.05) is 19.7 Å². The van der Waals surface area contributed by atoms with E-state index in [1.807, 2.05) is 74.5 Å². The lowest BCUT2D eigenvalue weighted by Gasteiger charge is -2.29. The molecule has 1 fully saturated rings. The molecular weight excluding hydrogens is 470 g/mol. The van der Waals surface area contributed by atoms with Crippen molar-refractivity contribution in [2.75, 3.05) is 31.6 Å². The first-order chi connectivity index (χ1) is 18.0. The molecule has 1 aliphatic heterocycles. The molecule has 1 aliphatic rings.